The summed E-state index contributed by atoms with van der Waals surface area (Å²) >= 11 is 0. The number of carbonyl (C=O) groups excluding carboxylic acids is 2. The molecule has 1 aliphatic heterocycles. The van der Waals surface area contributed by atoms with Gasteiger partial charge in [-0.25, -0.2) is 4.79 Å². The highest BCUT2D eigenvalue weighted by atomic mass is 16.2. The van der Waals surface area contributed by atoms with Crippen molar-refractivity contribution >= 4 is 29.5 Å². The average molecular weight is 415 g/mol. The van der Waals surface area contributed by atoms with Crippen molar-refractivity contribution in [1.82, 2.24) is 25.2 Å². The van der Waals surface area contributed by atoms with Crippen molar-refractivity contribution in [1.29, 1.82) is 0 Å². The molecule has 2 aromatic carbocycles. The molecule has 156 valence electrons. The molecule has 1 fully saturated rings. The van der Waals surface area contributed by atoms with Crippen molar-refractivity contribution in [3.05, 3.63) is 71.0 Å². The van der Waals surface area contributed by atoms with E-state index in [-0.39, 0.29) is 30.2 Å². The maximum absolute atomic E-state index is 13.3. The van der Waals surface area contributed by atoms with Crippen molar-refractivity contribution in [2.75, 3.05) is 11.1 Å². The van der Waals surface area contributed by atoms with Gasteiger partial charge in [0.2, 0.25) is 11.9 Å². The molecule has 1 aromatic heterocycles. The van der Waals surface area contributed by atoms with Crippen LogP contribution in [0.5, 0.6) is 0 Å². The Bertz CT molecular complexity index is 1210. The predicted molar refractivity (Wildman–Crippen MR) is 114 cm³/mol. The van der Waals surface area contributed by atoms with E-state index >= 15 is 0 Å². The lowest BCUT2D eigenvalue weighted by atomic mass is 9.92. The highest BCUT2D eigenvalue weighted by molar-refractivity contribution is 6.08. The lowest BCUT2D eigenvalue weighted by Gasteiger charge is -2.22. The van der Waals surface area contributed by atoms with Gasteiger partial charge in [-0.05, 0) is 42.5 Å². The minimum atomic E-state index is -1.02. The third-order valence-corrected chi connectivity index (χ3v) is 5.81. The van der Waals surface area contributed by atoms with E-state index in [0.717, 1.165) is 33.7 Å². The van der Waals surface area contributed by atoms with Crippen LogP contribution in [0, 0.1) is 6.92 Å². The minimum Gasteiger partial charge on any atom is -0.368 e. The minimum absolute atomic E-state index is 0.00839. The first-order valence-corrected chi connectivity index (χ1v) is 10.0. The van der Waals surface area contributed by atoms with E-state index in [1.165, 1.54) is 0 Å². The number of carbonyl (C=O) groups is 2. The summed E-state index contributed by atoms with van der Waals surface area (Å²) in [6.45, 7) is 1.86. The van der Waals surface area contributed by atoms with E-state index in [2.05, 4.69) is 25.6 Å². The number of para-hydroxylation sites is 1. The summed E-state index contributed by atoms with van der Waals surface area (Å²) in [5, 5.41) is 6.02. The lowest BCUT2D eigenvalue weighted by molar-refractivity contribution is -0.132. The quantitative estimate of drug-likeness (QED) is 0.559. The summed E-state index contributed by atoms with van der Waals surface area (Å²) in [4.78, 5) is 39.9. The molecule has 31 heavy (non-hydrogen) atoms. The number of benzene rings is 2. The van der Waals surface area contributed by atoms with Crippen molar-refractivity contribution < 1.29 is 9.59 Å². The van der Waals surface area contributed by atoms with Crippen LogP contribution in [-0.4, -0.2) is 31.8 Å². The number of aryl methyl sites for hydroxylation is 2. The first kappa shape index (κ1) is 19.0. The lowest BCUT2D eigenvalue weighted by Crippen LogP contribution is -2.41. The summed E-state index contributed by atoms with van der Waals surface area (Å²) in [5.41, 5.74) is 8.62. The Morgan fingerprint density at radius 3 is 2.71 bits per heavy atom. The van der Waals surface area contributed by atoms with Gasteiger partial charge in [0, 0.05) is 5.69 Å². The van der Waals surface area contributed by atoms with Gasteiger partial charge in [0.1, 0.15) is 5.54 Å². The number of nitrogens with one attached hydrogen (secondary N) is 2. The number of urea groups is 1. The molecule has 0 bridgehead atoms. The molecule has 4 N–H and O–H groups in total. The number of nitrogens with zero attached hydrogens (tertiary/aromatic N) is 4. The summed E-state index contributed by atoms with van der Waals surface area (Å²) in [5.74, 6) is 0.198. The molecule has 1 spiro atoms. The Morgan fingerprint density at radius 1 is 1.10 bits per heavy atom. The first-order valence-electron chi connectivity index (χ1n) is 10.0. The molecule has 1 unspecified atom stereocenters. The summed E-state index contributed by atoms with van der Waals surface area (Å²) in [6.07, 6.45) is 1.27. The van der Waals surface area contributed by atoms with E-state index in [9.17, 15) is 9.59 Å². The fraction of sp³-hybridized carbons (Fsp3) is 0.227. The number of nitrogen functional groups attached to an aromatic ring is 1. The number of aromatic nitrogens is 3. The number of rotatable bonds is 4. The molecule has 9 nitrogen and oxygen atoms in total. The molecule has 5 rings (SSSR count). The van der Waals surface area contributed by atoms with Crippen molar-refractivity contribution in [3.8, 4) is 0 Å². The Labute approximate surface area is 178 Å². The standard InChI is InChI=1S/C22H21N7O2/c1-13-6-2-5-9-16(13)24-20-26-17(25-19(23)27-20)12-29-18(30)22(28-21(29)31)11-10-14-7-3-4-8-15(14)22/h2-9H,10-12H2,1H3,(H,28,31)(H3,23,24,25,26,27). The molecule has 2 heterocycles. The molecule has 2 aliphatic rings. The molecular formula is C22H21N7O2. The molecule has 9 heteroatoms. The number of nitrogens with two attached hydrogens (primary N) is 1. The van der Waals surface area contributed by atoms with Crippen LogP contribution in [0.2, 0.25) is 0 Å². The number of anilines is 3. The zero-order valence-corrected chi connectivity index (χ0v) is 16.9. The average Bonchev–Trinajstić information content (AvgIpc) is 3.23. The Hall–Kier alpha value is -4.01. The fourth-order valence-electron chi connectivity index (χ4n) is 4.27. The highest BCUT2D eigenvalue weighted by Crippen LogP contribution is 2.41. The smallest absolute Gasteiger partial charge is 0.325 e. The van der Waals surface area contributed by atoms with E-state index in [4.69, 9.17) is 5.73 Å². The summed E-state index contributed by atoms with van der Waals surface area (Å²) in [6, 6.07) is 14.9. The van der Waals surface area contributed by atoms with Gasteiger partial charge in [-0.15, -0.1) is 0 Å². The normalized spacial score (nSPS) is 19.6. The number of fused-ring (bicyclic) bond motifs is 2. The van der Waals surface area contributed by atoms with E-state index < -0.39 is 11.6 Å². The topological polar surface area (TPSA) is 126 Å². The largest absolute Gasteiger partial charge is 0.368 e. The third-order valence-electron chi connectivity index (χ3n) is 5.81. The van der Waals surface area contributed by atoms with Crippen LogP contribution in [0.3, 0.4) is 0 Å². The maximum atomic E-state index is 13.3. The maximum Gasteiger partial charge on any atom is 0.325 e. The van der Waals surface area contributed by atoms with Crippen molar-refractivity contribution in [3.63, 3.8) is 0 Å². The monoisotopic (exact) mass is 415 g/mol. The molecule has 1 aliphatic carbocycles. The highest BCUT2D eigenvalue weighted by Gasteiger charge is 2.55. The van der Waals surface area contributed by atoms with Gasteiger partial charge in [0.05, 0.1) is 6.54 Å². The number of hydrogen-bond donors (Lipinski definition) is 3. The van der Waals surface area contributed by atoms with E-state index in [1.807, 2.05) is 55.5 Å². The fourth-order valence-corrected chi connectivity index (χ4v) is 4.27. The number of imide groups is 1. The van der Waals surface area contributed by atoms with E-state index in [1.54, 1.807) is 0 Å². The first-order chi connectivity index (χ1) is 15.0. The van der Waals surface area contributed by atoms with Gasteiger partial charge in [0.25, 0.3) is 5.91 Å². The van der Waals surface area contributed by atoms with Crippen molar-refractivity contribution in [2.24, 2.45) is 0 Å². The molecule has 3 amide bonds. The predicted octanol–water partition coefficient (Wildman–Crippen LogP) is 2.40. The zero-order valence-electron chi connectivity index (χ0n) is 16.9. The van der Waals surface area contributed by atoms with Gasteiger partial charge in [-0.3, -0.25) is 9.69 Å². The van der Waals surface area contributed by atoms with Crippen LogP contribution in [0.25, 0.3) is 0 Å². The van der Waals surface area contributed by atoms with Gasteiger partial charge in [0.15, 0.2) is 5.82 Å². The van der Waals surface area contributed by atoms with E-state index in [0.29, 0.717) is 6.42 Å². The second-order valence-corrected chi connectivity index (χ2v) is 7.76. The van der Waals surface area contributed by atoms with Gasteiger partial charge >= 0.3 is 6.03 Å². The van der Waals surface area contributed by atoms with Crippen molar-refractivity contribution in [2.45, 2.75) is 31.8 Å². The van der Waals surface area contributed by atoms with Crippen LogP contribution in [0.1, 0.15) is 28.9 Å². The number of hydrogen-bond acceptors (Lipinski definition) is 7. The zero-order chi connectivity index (χ0) is 21.6. The van der Waals surface area contributed by atoms with Crippen LogP contribution in [-0.2, 0) is 23.3 Å². The molecule has 3 aromatic rings. The van der Waals surface area contributed by atoms with Crippen LogP contribution >= 0.6 is 0 Å². The van der Waals surface area contributed by atoms with Crippen LogP contribution in [0.15, 0.2) is 48.5 Å². The third kappa shape index (κ3) is 3.14. The van der Waals surface area contributed by atoms with Crippen LogP contribution in [0.4, 0.5) is 22.4 Å². The van der Waals surface area contributed by atoms with Gasteiger partial charge in [-0.1, -0.05) is 42.5 Å². The summed E-state index contributed by atoms with van der Waals surface area (Å²) < 4.78 is 0. The SMILES string of the molecule is Cc1ccccc1Nc1nc(N)nc(CN2C(=O)NC3(CCc4ccccc43)C2=O)n1. The summed E-state index contributed by atoms with van der Waals surface area (Å²) in [7, 11) is 0. The molecular weight excluding hydrogens is 394 g/mol. The Kier molecular flexibility index (Phi) is 4.32. The van der Waals surface area contributed by atoms with Crippen LogP contribution < -0.4 is 16.4 Å². The van der Waals surface area contributed by atoms with Gasteiger partial charge in [-0.2, -0.15) is 15.0 Å². The Morgan fingerprint density at radius 2 is 1.87 bits per heavy atom. The molecule has 0 radical (unpaired) electrons. The number of amides is 3. The second kappa shape index (κ2) is 7.05. The second-order valence-electron chi connectivity index (χ2n) is 7.76. The Balaban J connectivity index is 1.42. The molecule has 0 saturated carbocycles. The molecule has 1 atom stereocenters. The molecule has 1 saturated heterocycles. The van der Waals surface area contributed by atoms with Gasteiger partial charge < -0.3 is 16.4 Å².